The molecular formula is C14H26N2O2. The van der Waals surface area contributed by atoms with E-state index in [0.29, 0.717) is 13.0 Å². The minimum absolute atomic E-state index is 0.0836. The fourth-order valence-corrected chi connectivity index (χ4v) is 2.33. The van der Waals surface area contributed by atoms with E-state index in [1.807, 2.05) is 9.80 Å². The van der Waals surface area contributed by atoms with Crippen LogP contribution >= 0.6 is 0 Å². The number of hydrogen-bond donors (Lipinski definition) is 0. The molecule has 0 atom stereocenters. The molecule has 0 aromatic carbocycles. The van der Waals surface area contributed by atoms with Crippen LogP contribution in [-0.2, 0) is 9.59 Å². The first-order valence-corrected chi connectivity index (χ1v) is 7.18. The molecule has 1 aliphatic heterocycles. The summed E-state index contributed by atoms with van der Waals surface area (Å²) in [5, 5.41) is 0. The van der Waals surface area contributed by atoms with E-state index in [1.165, 1.54) is 0 Å². The van der Waals surface area contributed by atoms with Gasteiger partial charge in [0.05, 0.1) is 0 Å². The summed E-state index contributed by atoms with van der Waals surface area (Å²) in [5.74, 6) is 0.287. The molecule has 1 fully saturated rings. The quantitative estimate of drug-likeness (QED) is 0.652. The summed E-state index contributed by atoms with van der Waals surface area (Å²) >= 11 is 0. The minimum atomic E-state index is 0.0836. The first-order chi connectivity index (χ1) is 8.65. The molecule has 0 unspecified atom stereocenters. The van der Waals surface area contributed by atoms with Gasteiger partial charge in [-0.2, -0.15) is 0 Å². The number of amides is 2. The third-order valence-electron chi connectivity index (χ3n) is 3.53. The van der Waals surface area contributed by atoms with E-state index in [2.05, 4.69) is 6.92 Å². The number of unbranched alkanes of at least 4 members (excludes halogenated alkanes) is 2. The van der Waals surface area contributed by atoms with Crippen molar-refractivity contribution in [3.05, 3.63) is 0 Å². The van der Waals surface area contributed by atoms with Crippen molar-refractivity contribution in [2.24, 2.45) is 0 Å². The van der Waals surface area contributed by atoms with Crippen LogP contribution < -0.4 is 0 Å². The van der Waals surface area contributed by atoms with E-state index in [-0.39, 0.29) is 11.8 Å². The van der Waals surface area contributed by atoms with Gasteiger partial charge in [-0.1, -0.05) is 19.8 Å². The molecule has 0 aromatic heterocycles. The van der Waals surface area contributed by atoms with Crippen molar-refractivity contribution in [1.29, 1.82) is 0 Å². The molecule has 0 bridgehead atoms. The maximum atomic E-state index is 11.9. The van der Waals surface area contributed by atoms with Gasteiger partial charge in [0, 0.05) is 39.5 Å². The Morgan fingerprint density at radius 3 is 2.33 bits per heavy atom. The first-order valence-electron chi connectivity index (χ1n) is 7.18. The van der Waals surface area contributed by atoms with Crippen molar-refractivity contribution < 1.29 is 9.59 Å². The predicted molar refractivity (Wildman–Crippen MR) is 72.2 cm³/mol. The fraction of sp³-hybridized carbons (Fsp3) is 0.857. The van der Waals surface area contributed by atoms with Crippen LogP contribution in [0.1, 0.15) is 52.4 Å². The topological polar surface area (TPSA) is 40.6 Å². The lowest BCUT2D eigenvalue weighted by atomic mass is 10.2. The highest BCUT2D eigenvalue weighted by Crippen LogP contribution is 2.09. The highest BCUT2D eigenvalue weighted by Gasteiger charge is 2.19. The second kappa shape index (κ2) is 8.11. The minimum Gasteiger partial charge on any atom is -0.343 e. The summed E-state index contributed by atoms with van der Waals surface area (Å²) in [6.07, 6.45) is 6.05. The second-order valence-electron chi connectivity index (χ2n) is 5.05. The van der Waals surface area contributed by atoms with Crippen LogP contribution in [0.2, 0.25) is 0 Å². The van der Waals surface area contributed by atoms with Gasteiger partial charge < -0.3 is 9.80 Å². The molecule has 1 saturated heterocycles. The van der Waals surface area contributed by atoms with Crippen molar-refractivity contribution in [2.45, 2.75) is 52.4 Å². The molecule has 1 rings (SSSR count). The Morgan fingerprint density at radius 2 is 1.78 bits per heavy atom. The summed E-state index contributed by atoms with van der Waals surface area (Å²) < 4.78 is 0. The lowest BCUT2D eigenvalue weighted by molar-refractivity contribution is -0.132. The summed E-state index contributed by atoms with van der Waals surface area (Å²) in [7, 11) is 0. The Bertz CT molecular complexity index is 273. The van der Waals surface area contributed by atoms with Crippen LogP contribution in [0.15, 0.2) is 0 Å². The van der Waals surface area contributed by atoms with Crippen molar-refractivity contribution in [3.8, 4) is 0 Å². The number of nitrogens with zero attached hydrogens (tertiary/aromatic N) is 2. The molecule has 0 aliphatic carbocycles. The Kier molecular flexibility index (Phi) is 6.76. The third-order valence-corrected chi connectivity index (χ3v) is 3.53. The highest BCUT2D eigenvalue weighted by atomic mass is 16.2. The summed E-state index contributed by atoms with van der Waals surface area (Å²) in [4.78, 5) is 27.1. The Labute approximate surface area is 110 Å². The van der Waals surface area contributed by atoms with E-state index in [4.69, 9.17) is 0 Å². The maximum Gasteiger partial charge on any atom is 0.224 e. The Hall–Kier alpha value is -1.06. The van der Waals surface area contributed by atoms with Crippen LogP contribution in [0, 0.1) is 0 Å². The van der Waals surface area contributed by atoms with E-state index >= 15 is 0 Å². The van der Waals surface area contributed by atoms with Gasteiger partial charge in [0.15, 0.2) is 0 Å². The van der Waals surface area contributed by atoms with Crippen LogP contribution in [-0.4, -0.2) is 47.8 Å². The smallest absolute Gasteiger partial charge is 0.224 e. The number of rotatable bonds is 7. The predicted octanol–water partition coefficient (Wildman–Crippen LogP) is 2.04. The molecule has 4 heteroatoms. The molecule has 0 aromatic rings. The van der Waals surface area contributed by atoms with Crippen molar-refractivity contribution >= 4 is 11.8 Å². The van der Waals surface area contributed by atoms with Gasteiger partial charge in [0.25, 0.3) is 0 Å². The summed E-state index contributed by atoms with van der Waals surface area (Å²) in [6.45, 7) is 6.90. The molecule has 0 spiro atoms. The molecule has 104 valence electrons. The molecule has 0 radical (unpaired) electrons. The third kappa shape index (κ3) is 5.07. The fourth-order valence-electron chi connectivity index (χ4n) is 2.33. The second-order valence-corrected chi connectivity index (χ2v) is 5.05. The van der Waals surface area contributed by atoms with E-state index in [9.17, 15) is 9.59 Å². The van der Waals surface area contributed by atoms with Crippen LogP contribution in [0.4, 0.5) is 0 Å². The molecule has 0 N–H and O–H groups in total. The summed E-state index contributed by atoms with van der Waals surface area (Å²) in [6, 6.07) is 0. The Balaban J connectivity index is 2.27. The van der Waals surface area contributed by atoms with Crippen LogP contribution in [0.5, 0.6) is 0 Å². The highest BCUT2D eigenvalue weighted by molar-refractivity contribution is 5.78. The number of likely N-dealkylation sites (tertiary alicyclic amines) is 1. The molecule has 1 heterocycles. The monoisotopic (exact) mass is 254 g/mol. The molecule has 1 aliphatic rings. The van der Waals surface area contributed by atoms with Gasteiger partial charge in [0.2, 0.25) is 11.8 Å². The molecule has 2 amide bonds. The van der Waals surface area contributed by atoms with E-state index in [0.717, 1.165) is 51.7 Å². The Morgan fingerprint density at radius 1 is 1.11 bits per heavy atom. The zero-order valence-corrected chi connectivity index (χ0v) is 11.8. The van der Waals surface area contributed by atoms with Crippen molar-refractivity contribution in [2.75, 3.05) is 26.2 Å². The number of hydrogen-bond acceptors (Lipinski definition) is 2. The number of carbonyl (C=O) groups excluding carboxylic acids is 2. The van der Waals surface area contributed by atoms with Crippen molar-refractivity contribution in [3.63, 3.8) is 0 Å². The molecule has 18 heavy (non-hydrogen) atoms. The average Bonchev–Trinajstić information content (AvgIpc) is 2.86. The van der Waals surface area contributed by atoms with Gasteiger partial charge >= 0.3 is 0 Å². The number of carbonyl (C=O) groups is 2. The van der Waals surface area contributed by atoms with E-state index < -0.39 is 0 Å². The van der Waals surface area contributed by atoms with E-state index in [1.54, 1.807) is 6.92 Å². The standard InChI is InChI=1S/C14H26N2O2/c1-3-4-5-9-15(13(2)17)12-8-14(18)16-10-6-7-11-16/h3-12H2,1-2H3. The summed E-state index contributed by atoms with van der Waals surface area (Å²) in [5.41, 5.74) is 0. The normalized spacial score (nSPS) is 14.9. The maximum absolute atomic E-state index is 11.9. The lowest BCUT2D eigenvalue weighted by Crippen LogP contribution is -2.35. The average molecular weight is 254 g/mol. The molecule has 4 nitrogen and oxygen atoms in total. The lowest BCUT2D eigenvalue weighted by Gasteiger charge is -2.22. The first kappa shape index (κ1) is 15.0. The zero-order valence-electron chi connectivity index (χ0n) is 11.8. The SMILES string of the molecule is CCCCCN(CCC(=O)N1CCCC1)C(C)=O. The largest absolute Gasteiger partial charge is 0.343 e. The van der Waals surface area contributed by atoms with Crippen molar-refractivity contribution in [1.82, 2.24) is 9.80 Å². The van der Waals surface area contributed by atoms with Crippen LogP contribution in [0.3, 0.4) is 0 Å². The van der Waals surface area contributed by atoms with Crippen LogP contribution in [0.25, 0.3) is 0 Å². The van der Waals surface area contributed by atoms with Gasteiger partial charge in [-0.25, -0.2) is 0 Å². The van der Waals surface area contributed by atoms with Gasteiger partial charge in [-0.15, -0.1) is 0 Å². The van der Waals surface area contributed by atoms with Gasteiger partial charge in [-0.3, -0.25) is 9.59 Å². The van der Waals surface area contributed by atoms with Gasteiger partial charge in [0.1, 0.15) is 0 Å². The molecule has 0 saturated carbocycles. The zero-order chi connectivity index (χ0) is 13.4. The molecular weight excluding hydrogens is 228 g/mol. The van der Waals surface area contributed by atoms with Gasteiger partial charge in [-0.05, 0) is 19.3 Å².